The first-order chi connectivity index (χ1) is 11.1. The Balaban J connectivity index is 2.34. The molecule has 0 bridgehead atoms. The number of methoxy groups -OCH3 is 2. The molecule has 0 radical (unpaired) electrons. The van der Waals surface area contributed by atoms with Crippen molar-refractivity contribution in [3.8, 4) is 17.6 Å². The van der Waals surface area contributed by atoms with Crippen LogP contribution in [0.3, 0.4) is 0 Å². The zero-order valence-electron chi connectivity index (χ0n) is 12.9. The predicted molar refractivity (Wildman–Crippen MR) is 85.9 cm³/mol. The molecule has 0 aliphatic heterocycles. The number of nitrogens with zero attached hydrogens (tertiary/aromatic N) is 2. The van der Waals surface area contributed by atoms with Gasteiger partial charge in [0.25, 0.3) is 5.91 Å². The van der Waals surface area contributed by atoms with Crippen LogP contribution in [0.2, 0.25) is 0 Å². The summed E-state index contributed by atoms with van der Waals surface area (Å²) in [4.78, 5) is 11.2. The van der Waals surface area contributed by atoms with Crippen LogP contribution >= 0.6 is 0 Å². The van der Waals surface area contributed by atoms with Gasteiger partial charge in [-0.15, -0.1) is 0 Å². The van der Waals surface area contributed by atoms with E-state index in [2.05, 4.69) is 0 Å². The van der Waals surface area contributed by atoms with Gasteiger partial charge in [0, 0.05) is 24.5 Å². The summed E-state index contributed by atoms with van der Waals surface area (Å²) in [6.45, 7) is 0.532. The summed E-state index contributed by atoms with van der Waals surface area (Å²) in [6.07, 6.45) is 3.33. The Labute approximate surface area is 134 Å². The molecule has 0 spiro atoms. The number of carbonyl (C=O) groups excluding carboxylic acids is 1. The molecular weight excluding hydrogens is 294 g/mol. The highest BCUT2D eigenvalue weighted by atomic mass is 16.5. The largest absolute Gasteiger partial charge is 0.497 e. The zero-order chi connectivity index (χ0) is 16.8. The first kappa shape index (κ1) is 16.2. The van der Waals surface area contributed by atoms with E-state index in [1.807, 2.05) is 29.0 Å². The van der Waals surface area contributed by atoms with Gasteiger partial charge < -0.3 is 19.8 Å². The van der Waals surface area contributed by atoms with Crippen LogP contribution in [-0.2, 0) is 11.3 Å². The van der Waals surface area contributed by atoms with E-state index >= 15 is 0 Å². The van der Waals surface area contributed by atoms with Crippen molar-refractivity contribution in [3.05, 3.63) is 53.4 Å². The number of ether oxygens (including phenoxy) is 2. The van der Waals surface area contributed by atoms with Crippen molar-refractivity contribution in [3.63, 3.8) is 0 Å². The Bertz CT molecular complexity index is 762. The Kier molecular flexibility index (Phi) is 5.05. The molecule has 0 atom stereocenters. The second-order valence-electron chi connectivity index (χ2n) is 4.82. The minimum atomic E-state index is -0.747. The van der Waals surface area contributed by atoms with Gasteiger partial charge in [-0.3, -0.25) is 4.79 Å². The second-order valence-corrected chi connectivity index (χ2v) is 4.82. The lowest BCUT2D eigenvalue weighted by Crippen LogP contribution is -2.13. The monoisotopic (exact) mass is 311 g/mol. The molecule has 2 N–H and O–H groups in total. The number of amides is 1. The Hall–Kier alpha value is -3.20. The molecule has 0 saturated carbocycles. The number of rotatable bonds is 6. The summed E-state index contributed by atoms with van der Waals surface area (Å²) in [5, 5.41) is 8.95. The van der Waals surface area contributed by atoms with Crippen LogP contribution in [0.15, 0.2) is 42.1 Å². The third-order valence-electron chi connectivity index (χ3n) is 3.31. The molecule has 1 amide bonds. The number of hydrogen-bond donors (Lipinski definition) is 1. The fraction of sp³-hybridized carbons (Fsp3) is 0.176. The SMILES string of the molecule is COc1cc(Cn2cccc2/C=C(\C#N)C(N)=O)cc(OC)c1. The molecule has 6 nitrogen and oxygen atoms in total. The molecule has 1 aromatic heterocycles. The average molecular weight is 311 g/mol. The smallest absolute Gasteiger partial charge is 0.259 e. The minimum Gasteiger partial charge on any atom is -0.497 e. The molecule has 1 aromatic carbocycles. The van der Waals surface area contributed by atoms with Crippen molar-refractivity contribution >= 4 is 12.0 Å². The van der Waals surface area contributed by atoms with Crippen LogP contribution in [0.1, 0.15) is 11.3 Å². The van der Waals surface area contributed by atoms with Gasteiger partial charge in [-0.2, -0.15) is 5.26 Å². The van der Waals surface area contributed by atoms with Gasteiger partial charge in [0.15, 0.2) is 0 Å². The lowest BCUT2D eigenvalue weighted by atomic mass is 10.2. The first-order valence-electron chi connectivity index (χ1n) is 6.86. The lowest BCUT2D eigenvalue weighted by Gasteiger charge is -2.11. The number of hydrogen-bond acceptors (Lipinski definition) is 4. The minimum absolute atomic E-state index is 0.0897. The van der Waals surface area contributed by atoms with Crippen molar-refractivity contribution in [2.75, 3.05) is 14.2 Å². The van der Waals surface area contributed by atoms with Crippen LogP contribution in [0.5, 0.6) is 11.5 Å². The summed E-state index contributed by atoms with van der Waals surface area (Å²) >= 11 is 0. The molecule has 0 saturated heterocycles. The summed E-state index contributed by atoms with van der Waals surface area (Å²) in [6, 6.07) is 11.0. The van der Waals surface area contributed by atoms with E-state index in [4.69, 9.17) is 20.5 Å². The van der Waals surface area contributed by atoms with Crippen LogP contribution in [0.25, 0.3) is 6.08 Å². The predicted octanol–water partition coefficient (Wildman–Crippen LogP) is 1.95. The van der Waals surface area contributed by atoms with Gasteiger partial charge in [0.05, 0.1) is 14.2 Å². The summed E-state index contributed by atoms with van der Waals surface area (Å²) in [7, 11) is 3.18. The van der Waals surface area contributed by atoms with E-state index in [1.54, 1.807) is 32.4 Å². The molecule has 0 aliphatic rings. The molecule has 0 unspecified atom stereocenters. The molecule has 0 aliphatic carbocycles. The number of carbonyl (C=O) groups is 1. The maximum absolute atomic E-state index is 11.2. The van der Waals surface area contributed by atoms with Crippen LogP contribution in [0.4, 0.5) is 0 Å². The van der Waals surface area contributed by atoms with Crippen molar-refractivity contribution in [2.24, 2.45) is 5.73 Å². The number of nitriles is 1. The number of nitrogens with two attached hydrogens (primary N) is 1. The van der Waals surface area contributed by atoms with E-state index < -0.39 is 5.91 Å². The van der Waals surface area contributed by atoms with Crippen molar-refractivity contribution in [1.82, 2.24) is 4.57 Å². The summed E-state index contributed by atoms with van der Waals surface area (Å²) in [5.41, 5.74) is 6.75. The van der Waals surface area contributed by atoms with Crippen molar-refractivity contribution in [1.29, 1.82) is 5.26 Å². The standard InChI is InChI=1S/C17H17N3O3/c1-22-15-6-12(7-16(9-15)23-2)11-20-5-3-4-14(20)8-13(10-18)17(19)21/h3-9H,11H2,1-2H3,(H2,19,21)/b13-8+. The molecular formula is C17H17N3O3. The topological polar surface area (TPSA) is 90.3 Å². The Morgan fingerprint density at radius 2 is 1.96 bits per heavy atom. The maximum Gasteiger partial charge on any atom is 0.259 e. The van der Waals surface area contributed by atoms with Crippen LogP contribution < -0.4 is 15.2 Å². The van der Waals surface area contributed by atoms with E-state index in [0.717, 1.165) is 5.56 Å². The van der Waals surface area contributed by atoms with Crippen LogP contribution in [-0.4, -0.2) is 24.7 Å². The molecule has 23 heavy (non-hydrogen) atoms. The Morgan fingerprint density at radius 1 is 1.30 bits per heavy atom. The fourth-order valence-corrected chi connectivity index (χ4v) is 2.16. The molecule has 2 rings (SSSR count). The molecule has 2 aromatic rings. The molecule has 118 valence electrons. The van der Waals surface area contributed by atoms with Crippen molar-refractivity contribution in [2.45, 2.75) is 6.54 Å². The fourth-order valence-electron chi connectivity index (χ4n) is 2.16. The van der Waals surface area contributed by atoms with Gasteiger partial charge >= 0.3 is 0 Å². The van der Waals surface area contributed by atoms with Gasteiger partial charge in [0.1, 0.15) is 23.1 Å². The number of benzene rings is 1. The quantitative estimate of drug-likeness (QED) is 0.652. The maximum atomic E-state index is 11.2. The molecule has 1 heterocycles. The number of aromatic nitrogens is 1. The molecule has 6 heteroatoms. The zero-order valence-corrected chi connectivity index (χ0v) is 12.9. The summed E-state index contributed by atoms with van der Waals surface area (Å²) < 4.78 is 12.4. The highest BCUT2D eigenvalue weighted by Crippen LogP contribution is 2.23. The van der Waals surface area contributed by atoms with Gasteiger partial charge in [-0.1, -0.05) is 0 Å². The van der Waals surface area contributed by atoms with Gasteiger partial charge in [-0.05, 0) is 35.9 Å². The Morgan fingerprint density at radius 3 is 2.48 bits per heavy atom. The third kappa shape index (κ3) is 3.92. The lowest BCUT2D eigenvalue weighted by molar-refractivity contribution is -0.114. The van der Waals surface area contributed by atoms with E-state index in [1.165, 1.54) is 6.08 Å². The highest BCUT2D eigenvalue weighted by Gasteiger charge is 2.08. The van der Waals surface area contributed by atoms with Gasteiger partial charge in [0.2, 0.25) is 0 Å². The van der Waals surface area contributed by atoms with Crippen molar-refractivity contribution < 1.29 is 14.3 Å². The van der Waals surface area contributed by atoms with E-state index in [9.17, 15) is 4.79 Å². The normalized spacial score (nSPS) is 10.9. The summed E-state index contributed by atoms with van der Waals surface area (Å²) in [5.74, 6) is 0.639. The van der Waals surface area contributed by atoms with Crippen LogP contribution in [0, 0.1) is 11.3 Å². The number of primary amides is 1. The second kappa shape index (κ2) is 7.18. The van der Waals surface area contributed by atoms with Gasteiger partial charge in [-0.25, -0.2) is 0 Å². The molecule has 0 fully saturated rings. The average Bonchev–Trinajstić information content (AvgIpc) is 2.98. The first-order valence-corrected chi connectivity index (χ1v) is 6.86. The highest BCUT2D eigenvalue weighted by molar-refractivity contribution is 6.00. The third-order valence-corrected chi connectivity index (χ3v) is 3.31. The van der Waals surface area contributed by atoms with E-state index in [-0.39, 0.29) is 5.57 Å². The van der Waals surface area contributed by atoms with E-state index in [0.29, 0.717) is 23.7 Å².